The standard InChI is InChI=1S/C20H15ClIN7/c1-11(29-20-16(18(22)27-29)19(23)25-10-26-20)14-9-13-8-12(21)5-7-28(13)17(14)15-4-2-3-6-24-15/h2-11H,1H3,(H2,23,25,26). The van der Waals surface area contributed by atoms with Crippen LogP contribution < -0.4 is 5.73 Å². The van der Waals surface area contributed by atoms with Gasteiger partial charge in [-0.1, -0.05) is 17.7 Å². The van der Waals surface area contributed by atoms with Gasteiger partial charge in [0.2, 0.25) is 0 Å². The minimum Gasteiger partial charge on any atom is -0.383 e. The molecule has 0 saturated carbocycles. The Morgan fingerprint density at radius 3 is 2.79 bits per heavy atom. The highest BCUT2D eigenvalue weighted by Crippen LogP contribution is 2.35. The Labute approximate surface area is 184 Å². The molecular weight excluding hydrogens is 501 g/mol. The van der Waals surface area contributed by atoms with Crippen molar-refractivity contribution in [2.75, 3.05) is 5.73 Å². The SMILES string of the molecule is CC(c1cc2cc(Cl)ccn2c1-c1ccccn1)n1nc(I)c2c(N)ncnc21. The fourth-order valence-corrected chi connectivity index (χ4v) is 4.54. The van der Waals surface area contributed by atoms with E-state index in [0.29, 0.717) is 16.5 Å². The van der Waals surface area contributed by atoms with E-state index in [0.717, 1.165) is 31.6 Å². The molecular formula is C20H15ClIN7. The molecule has 5 rings (SSSR count). The maximum absolute atomic E-state index is 6.24. The fourth-order valence-electron chi connectivity index (χ4n) is 3.62. The fraction of sp³-hybridized carbons (Fsp3) is 0.100. The van der Waals surface area contributed by atoms with Crippen LogP contribution in [-0.4, -0.2) is 29.1 Å². The molecule has 0 aliphatic carbocycles. The van der Waals surface area contributed by atoms with Crippen molar-refractivity contribution < 1.29 is 0 Å². The Bertz CT molecular complexity index is 1360. The maximum atomic E-state index is 6.24. The monoisotopic (exact) mass is 515 g/mol. The minimum absolute atomic E-state index is 0.119. The summed E-state index contributed by atoms with van der Waals surface area (Å²) >= 11 is 8.41. The zero-order valence-electron chi connectivity index (χ0n) is 15.3. The number of hydrogen-bond donors (Lipinski definition) is 1. The van der Waals surface area contributed by atoms with E-state index in [2.05, 4.69) is 54.9 Å². The molecule has 0 aliphatic heterocycles. The van der Waals surface area contributed by atoms with Gasteiger partial charge < -0.3 is 10.1 Å². The van der Waals surface area contributed by atoms with Crippen LogP contribution in [0.25, 0.3) is 27.9 Å². The van der Waals surface area contributed by atoms with Gasteiger partial charge in [0.05, 0.1) is 22.8 Å². The molecule has 5 aromatic heterocycles. The quantitative estimate of drug-likeness (QED) is 0.355. The van der Waals surface area contributed by atoms with Crippen LogP contribution >= 0.6 is 34.2 Å². The minimum atomic E-state index is -0.119. The number of anilines is 1. The van der Waals surface area contributed by atoms with Crippen LogP contribution in [0, 0.1) is 3.70 Å². The Morgan fingerprint density at radius 2 is 2.00 bits per heavy atom. The molecule has 0 fully saturated rings. The van der Waals surface area contributed by atoms with E-state index in [1.807, 2.05) is 41.2 Å². The van der Waals surface area contributed by atoms with E-state index in [1.54, 1.807) is 6.20 Å². The summed E-state index contributed by atoms with van der Waals surface area (Å²) in [6.45, 7) is 2.09. The third kappa shape index (κ3) is 2.94. The lowest BCUT2D eigenvalue weighted by Gasteiger charge is -2.15. The zero-order valence-corrected chi connectivity index (χ0v) is 18.2. The summed E-state index contributed by atoms with van der Waals surface area (Å²) in [5.41, 5.74) is 10.7. The third-order valence-electron chi connectivity index (χ3n) is 4.96. The summed E-state index contributed by atoms with van der Waals surface area (Å²) in [5.74, 6) is 0.427. The van der Waals surface area contributed by atoms with E-state index in [9.17, 15) is 0 Å². The number of halogens is 2. The van der Waals surface area contributed by atoms with Crippen LogP contribution in [0.5, 0.6) is 0 Å². The topological polar surface area (TPSA) is 86.9 Å². The van der Waals surface area contributed by atoms with Crippen LogP contribution in [0.3, 0.4) is 0 Å². The van der Waals surface area contributed by atoms with Gasteiger partial charge in [-0.15, -0.1) is 0 Å². The Hall–Kier alpha value is -2.72. The predicted molar refractivity (Wildman–Crippen MR) is 122 cm³/mol. The van der Waals surface area contributed by atoms with Crippen LogP contribution in [0.15, 0.2) is 55.1 Å². The van der Waals surface area contributed by atoms with Crippen molar-refractivity contribution in [3.05, 3.63) is 69.4 Å². The van der Waals surface area contributed by atoms with Crippen molar-refractivity contribution in [1.29, 1.82) is 0 Å². The van der Waals surface area contributed by atoms with Crippen LogP contribution in [0.4, 0.5) is 5.82 Å². The Kier molecular flexibility index (Phi) is 4.39. The van der Waals surface area contributed by atoms with E-state index < -0.39 is 0 Å². The lowest BCUT2D eigenvalue weighted by Crippen LogP contribution is -2.10. The largest absolute Gasteiger partial charge is 0.383 e. The number of fused-ring (bicyclic) bond motifs is 2. The van der Waals surface area contributed by atoms with E-state index in [-0.39, 0.29) is 6.04 Å². The van der Waals surface area contributed by atoms with Crippen molar-refractivity contribution in [2.24, 2.45) is 0 Å². The van der Waals surface area contributed by atoms with Crippen LogP contribution in [0.1, 0.15) is 18.5 Å². The highest BCUT2D eigenvalue weighted by atomic mass is 127. The van der Waals surface area contributed by atoms with Crippen molar-refractivity contribution >= 4 is 56.6 Å². The molecule has 0 bridgehead atoms. The molecule has 1 unspecified atom stereocenters. The van der Waals surface area contributed by atoms with E-state index in [1.165, 1.54) is 6.33 Å². The van der Waals surface area contributed by atoms with E-state index in [4.69, 9.17) is 22.4 Å². The number of nitrogens with two attached hydrogens (primary N) is 1. The molecule has 5 heterocycles. The summed E-state index contributed by atoms with van der Waals surface area (Å²) in [4.78, 5) is 13.1. The molecule has 5 aromatic rings. The molecule has 2 N–H and O–H groups in total. The lowest BCUT2D eigenvalue weighted by atomic mass is 10.1. The van der Waals surface area contributed by atoms with Gasteiger partial charge in [-0.2, -0.15) is 5.10 Å². The molecule has 0 amide bonds. The van der Waals surface area contributed by atoms with Crippen molar-refractivity contribution in [3.8, 4) is 11.4 Å². The molecule has 0 aliphatic rings. The summed E-state index contributed by atoms with van der Waals surface area (Å²) in [7, 11) is 0. The normalized spacial score (nSPS) is 12.7. The molecule has 9 heteroatoms. The molecule has 0 saturated heterocycles. The second-order valence-corrected chi connectivity index (χ2v) is 8.13. The second-order valence-electron chi connectivity index (χ2n) is 6.67. The van der Waals surface area contributed by atoms with Gasteiger partial charge in [0.25, 0.3) is 0 Å². The molecule has 1 atom stereocenters. The van der Waals surface area contributed by atoms with Gasteiger partial charge in [-0.25, -0.2) is 14.6 Å². The molecule has 0 aromatic carbocycles. The molecule has 144 valence electrons. The number of aromatic nitrogens is 6. The molecule has 0 spiro atoms. The van der Waals surface area contributed by atoms with Gasteiger partial charge in [0.15, 0.2) is 5.65 Å². The Balaban J connectivity index is 1.78. The van der Waals surface area contributed by atoms with Gasteiger partial charge in [-0.3, -0.25) is 4.98 Å². The van der Waals surface area contributed by atoms with Crippen molar-refractivity contribution in [3.63, 3.8) is 0 Å². The first kappa shape index (κ1) is 18.3. The number of pyridine rings is 2. The number of nitrogen functional groups attached to an aromatic ring is 1. The first-order valence-electron chi connectivity index (χ1n) is 8.90. The summed E-state index contributed by atoms with van der Waals surface area (Å²) in [6.07, 6.45) is 5.22. The highest BCUT2D eigenvalue weighted by molar-refractivity contribution is 14.1. The summed E-state index contributed by atoms with van der Waals surface area (Å²) < 4.78 is 4.76. The highest BCUT2D eigenvalue weighted by Gasteiger charge is 2.24. The number of hydrogen-bond acceptors (Lipinski definition) is 5. The first-order valence-corrected chi connectivity index (χ1v) is 10.4. The predicted octanol–water partition coefficient (Wildman–Crippen LogP) is 4.59. The lowest BCUT2D eigenvalue weighted by molar-refractivity contribution is 0.576. The maximum Gasteiger partial charge on any atom is 0.165 e. The Morgan fingerprint density at radius 1 is 1.14 bits per heavy atom. The van der Waals surface area contributed by atoms with Crippen molar-refractivity contribution in [1.82, 2.24) is 29.1 Å². The molecule has 29 heavy (non-hydrogen) atoms. The summed E-state index contributed by atoms with van der Waals surface area (Å²) in [5, 5.41) is 6.17. The third-order valence-corrected chi connectivity index (χ3v) is 5.95. The van der Waals surface area contributed by atoms with Gasteiger partial charge in [-0.05, 0) is 59.8 Å². The first-order chi connectivity index (χ1) is 14.0. The van der Waals surface area contributed by atoms with Crippen molar-refractivity contribution in [2.45, 2.75) is 13.0 Å². The van der Waals surface area contributed by atoms with Gasteiger partial charge in [0, 0.05) is 28.5 Å². The number of nitrogens with zero attached hydrogens (tertiary/aromatic N) is 6. The molecule has 7 nitrogen and oxygen atoms in total. The van der Waals surface area contributed by atoms with Gasteiger partial charge >= 0.3 is 0 Å². The van der Waals surface area contributed by atoms with E-state index >= 15 is 0 Å². The average molecular weight is 516 g/mol. The number of rotatable bonds is 3. The van der Waals surface area contributed by atoms with Crippen LogP contribution in [0.2, 0.25) is 5.02 Å². The smallest absolute Gasteiger partial charge is 0.165 e. The zero-order chi connectivity index (χ0) is 20.1. The van der Waals surface area contributed by atoms with Crippen LogP contribution in [-0.2, 0) is 0 Å². The summed E-state index contributed by atoms with van der Waals surface area (Å²) in [6, 6.07) is 11.7. The second kappa shape index (κ2) is 6.96. The van der Waals surface area contributed by atoms with Gasteiger partial charge in [0.1, 0.15) is 15.8 Å². The average Bonchev–Trinajstić information content (AvgIpc) is 3.26. The molecule has 0 radical (unpaired) electrons.